The van der Waals surface area contributed by atoms with E-state index in [0.29, 0.717) is 10.4 Å². The first-order valence-corrected chi connectivity index (χ1v) is 8.81. The van der Waals surface area contributed by atoms with Gasteiger partial charge in [0.1, 0.15) is 11.6 Å². The SMILES string of the molecule is O=C(Nc1ccc(F)cc1F)c1cccc(N2C(=O)CCS2(=O)=O)c1. The first-order chi connectivity index (χ1) is 11.8. The van der Waals surface area contributed by atoms with E-state index < -0.39 is 33.5 Å². The number of hydrogen-bond donors (Lipinski definition) is 1. The Balaban J connectivity index is 1.89. The molecule has 1 aliphatic rings. The molecule has 0 atom stereocenters. The van der Waals surface area contributed by atoms with Crippen molar-refractivity contribution in [3.63, 3.8) is 0 Å². The average molecular weight is 366 g/mol. The van der Waals surface area contributed by atoms with Crippen LogP contribution in [0, 0.1) is 11.6 Å². The molecule has 0 spiro atoms. The zero-order valence-electron chi connectivity index (χ0n) is 12.7. The molecule has 2 amide bonds. The van der Waals surface area contributed by atoms with Crippen LogP contribution in [-0.4, -0.2) is 26.0 Å². The Kier molecular flexibility index (Phi) is 4.25. The van der Waals surface area contributed by atoms with E-state index in [1.54, 1.807) is 0 Å². The van der Waals surface area contributed by atoms with E-state index >= 15 is 0 Å². The summed E-state index contributed by atoms with van der Waals surface area (Å²) in [5.74, 6) is -3.32. The van der Waals surface area contributed by atoms with Crippen LogP contribution in [-0.2, 0) is 14.8 Å². The van der Waals surface area contributed by atoms with Crippen molar-refractivity contribution < 1.29 is 26.8 Å². The molecule has 0 aliphatic carbocycles. The summed E-state index contributed by atoms with van der Waals surface area (Å²) in [5, 5.41) is 2.27. The maximum Gasteiger partial charge on any atom is 0.255 e. The number of benzene rings is 2. The fourth-order valence-corrected chi connectivity index (χ4v) is 3.88. The van der Waals surface area contributed by atoms with Crippen LogP contribution in [0.4, 0.5) is 20.2 Å². The second-order valence-electron chi connectivity index (χ2n) is 5.35. The highest BCUT2D eigenvalue weighted by atomic mass is 32.2. The third-order valence-corrected chi connectivity index (χ3v) is 5.29. The molecule has 6 nitrogen and oxygen atoms in total. The topological polar surface area (TPSA) is 83.6 Å². The Morgan fingerprint density at radius 1 is 1.12 bits per heavy atom. The first kappa shape index (κ1) is 17.0. The number of hydrogen-bond acceptors (Lipinski definition) is 4. The number of nitrogens with one attached hydrogen (secondary N) is 1. The van der Waals surface area contributed by atoms with Gasteiger partial charge in [0, 0.05) is 18.1 Å². The largest absolute Gasteiger partial charge is 0.319 e. The van der Waals surface area contributed by atoms with Crippen molar-refractivity contribution in [1.82, 2.24) is 0 Å². The van der Waals surface area contributed by atoms with Gasteiger partial charge in [-0.1, -0.05) is 6.07 Å². The molecule has 0 bridgehead atoms. The van der Waals surface area contributed by atoms with Crippen LogP contribution < -0.4 is 9.62 Å². The number of rotatable bonds is 3. The Bertz CT molecular complexity index is 976. The molecule has 9 heteroatoms. The molecule has 0 radical (unpaired) electrons. The number of sulfonamides is 1. The number of carbonyl (C=O) groups excluding carboxylic acids is 2. The molecule has 1 fully saturated rings. The van der Waals surface area contributed by atoms with Crippen LogP contribution in [0.2, 0.25) is 0 Å². The average Bonchev–Trinajstić information content (AvgIpc) is 2.83. The molecule has 25 heavy (non-hydrogen) atoms. The van der Waals surface area contributed by atoms with E-state index in [9.17, 15) is 26.8 Å². The smallest absolute Gasteiger partial charge is 0.255 e. The lowest BCUT2D eigenvalue weighted by Gasteiger charge is -2.15. The fraction of sp³-hybridized carbons (Fsp3) is 0.125. The van der Waals surface area contributed by atoms with Crippen LogP contribution >= 0.6 is 0 Å². The minimum Gasteiger partial charge on any atom is -0.319 e. The van der Waals surface area contributed by atoms with E-state index in [1.165, 1.54) is 24.3 Å². The van der Waals surface area contributed by atoms with E-state index in [4.69, 9.17) is 0 Å². The minimum absolute atomic E-state index is 0.0242. The van der Waals surface area contributed by atoms with Gasteiger partial charge in [0.05, 0.1) is 17.1 Å². The monoisotopic (exact) mass is 366 g/mol. The number of halogens is 2. The molecule has 130 valence electrons. The summed E-state index contributed by atoms with van der Waals surface area (Å²) in [5.41, 5.74) is -0.160. The van der Waals surface area contributed by atoms with Crippen molar-refractivity contribution >= 4 is 33.2 Å². The predicted molar refractivity (Wildman–Crippen MR) is 86.6 cm³/mol. The van der Waals surface area contributed by atoms with E-state index in [-0.39, 0.29) is 29.1 Å². The number of carbonyl (C=O) groups is 2. The second kappa shape index (κ2) is 6.25. The summed E-state index contributed by atoms with van der Waals surface area (Å²) in [7, 11) is -3.75. The van der Waals surface area contributed by atoms with Gasteiger partial charge >= 0.3 is 0 Å². The third kappa shape index (κ3) is 3.36. The fourth-order valence-electron chi connectivity index (χ4n) is 2.43. The molecule has 1 aliphatic heterocycles. The van der Waals surface area contributed by atoms with Crippen molar-refractivity contribution in [1.29, 1.82) is 0 Å². The standard InChI is InChI=1S/C16H12F2N2O4S/c17-11-4-5-14(13(18)9-11)19-16(22)10-2-1-3-12(8-10)20-15(21)6-7-25(20,23)24/h1-5,8-9H,6-7H2,(H,19,22). The maximum atomic E-state index is 13.6. The number of amides is 2. The van der Waals surface area contributed by atoms with Crippen LogP contribution in [0.1, 0.15) is 16.8 Å². The summed E-state index contributed by atoms with van der Waals surface area (Å²) in [6.45, 7) is 0. The van der Waals surface area contributed by atoms with Crippen molar-refractivity contribution in [2.45, 2.75) is 6.42 Å². The van der Waals surface area contributed by atoms with Crippen LogP contribution in [0.3, 0.4) is 0 Å². The van der Waals surface area contributed by atoms with Crippen molar-refractivity contribution in [2.75, 3.05) is 15.4 Å². The van der Waals surface area contributed by atoms with Crippen molar-refractivity contribution in [2.24, 2.45) is 0 Å². The van der Waals surface area contributed by atoms with Gasteiger partial charge in [0.15, 0.2) is 0 Å². The summed E-state index contributed by atoms with van der Waals surface area (Å²) in [6.07, 6.45) is -0.125. The van der Waals surface area contributed by atoms with Gasteiger partial charge in [0.2, 0.25) is 15.9 Å². The summed E-state index contributed by atoms with van der Waals surface area (Å²) in [6, 6.07) is 8.08. The van der Waals surface area contributed by atoms with E-state index in [2.05, 4.69) is 5.32 Å². The minimum atomic E-state index is -3.75. The molecule has 2 aromatic carbocycles. The van der Waals surface area contributed by atoms with Gasteiger partial charge in [-0.2, -0.15) is 0 Å². The quantitative estimate of drug-likeness (QED) is 0.903. The molecule has 1 saturated heterocycles. The van der Waals surface area contributed by atoms with Crippen LogP contribution in [0.15, 0.2) is 42.5 Å². The zero-order valence-corrected chi connectivity index (χ0v) is 13.5. The van der Waals surface area contributed by atoms with Gasteiger partial charge in [-0.3, -0.25) is 9.59 Å². The molecular formula is C16H12F2N2O4S. The van der Waals surface area contributed by atoms with Gasteiger partial charge in [-0.05, 0) is 30.3 Å². The second-order valence-corrected chi connectivity index (χ2v) is 7.29. The van der Waals surface area contributed by atoms with E-state index in [0.717, 1.165) is 12.1 Å². The Morgan fingerprint density at radius 2 is 1.88 bits per heavy atom. The number of nitrogens with zero attached hydrogens (tertiary/aromatic N) is 1. The summed E-state index contributed by atoms with van der Waals surface area (Å²) in [4.78, 5) is 24.0. The predicted octanol–water partition coefficient (Wildman–Crippen LogP) is 2.28. The highest BCUT2D eigenvalue weighted by Crippen LogP contribution is 2.26. The van der Waals surface area contributed by atoms with Gasteiger partial charge in [-0.15, -0.1) is 0 Å². The summed E-state index contributed by atoms with van der Waals surface area (Å²) >= 11 is 0. The maximum absolute atomic E-state index is 13.6. The first-order valence-electron chi connectivity index (χ1n) is 7.20. The third-order valence-electron chi connectivity index (χ3n) is 3.60. The molecule has 0 unspecified atom stereocenters. The Morgan fingerprint density at radius 3 is 2.52 bits per heavy atom. The van der Waals surface area contributed by atoms with Crippen LogP contribution in [0.5, 0.6) is 0 Å². The molecule has 1 N–H and O–H groups in total. The van der Waals surface area contributed by atoms with Gasteiger partial charge in [0.25, 0.3) is 5.91 Å². The lowest BCUT2D eigenvalue weighted by Crippen LogP contribution is -2.29. The highest BCUT2D eigenvalue weighted by Gasteiger charge is 2.36. The molecule has 0 saturated carbocycles. The summed E-state index contributed by atoms with van der Waals surface area (Å²) < 4.78 is 51.1. The molecule has 3 rings (SSSR count). The van der Waals surface area contributed by atoms with Gasteiger partial charge in [-0.25, -0.2) is 21.5 Å². The van der Waals surface area contributed by atoms with Crippen molar-refractivity contribution in [3.8, 4) is 0 Å². The molecule has 1 heterocycles. The highest BCUT2D eigenvalue weighted by molar-refractivity contribution is 7.94. The Labute approximate surface area is 142 Å². The molecular weight excluding hydrogens is 354 g/mol. The zero-order chi connectivity index (χ0) is 18.2. The molecule has 2 aromatic rings. The normalized spacial score (nSPS) is 16.1. The lowest BCUT2D eigenvalue weighted by atomic mass is 10.1. The van der Waals surface area contributed by atoms with E-state index in [1.807, 2.05) is 0 Å². The van der Waals surface area contributed by atoms with Crippen LogP contribution in [0.25, 0.3) is 0 Å². The number of anilines is 2. The van der Waals surface area contributed by atoms with Crippen molar-refractivity contribution in [3.05, 3.63) is 59.7 Å². The lowest BCUT2D eigenvalue weighted by molar-refractivity contribution is -0.116. The Hall–Kier alpha value is -2.81. The van der Waals surface area contributed by atoms with Gasteiger partial charge < -0.3 is 5.32 Å². The molecule has 0 aromatic heterocycles.